The molecule has 168 valence electrons. The summed E-state index contributed by atoms with van der Waals surface area (Å²) in [5.74, 6) is -1.21. The molecular weight excluding hydrogens is 424 g/mol. The van der Waals surface area contributed by atoms with E-state index < -0.39 is 47.5 Å². The van der Waals surface area contributed by atoms with Crippen LogP contribution in [0.2, 0.25) is 0 Å². The van der Waals surface area contributed by atoms with E-state index in [0.29, 0.717) is 5.56 Å². The van der Waals surface area contributed by atoms with E-state index in [0.717, 1.165) is 18.2 Å². The van der Waals surface area contributed by atoms with E-state index in [4.69, 9.17) is 0 Å². The predicted molar refractivity (Wildman–Crippen MR) is 101 cm³/mol. The van der Waals surface area contributed by atoms with Crippen LogP contribution in [0.4, 0.5) is 26.3 Å². The van der Waals surface area contributed by atoms with Gasteiger partial charge >= 0.3 is 12.4 Å². The maximum Gasteiger partial charge on any atom is 0.416 e. The first kappa shape index (κ1) is 23.1. The van der Waals surface area contributed by atoms with E-state index in [-0.39, 0.29) is 24.9 Å². The Morgan fingerprint density at radius 3 is 2.23 bits per heavy atom. The molecule has 0 saturated carbocycles. The Balaban J connectivity index is 1.79. The molecule has 0 spiro atoms. The van der Waals surface area contributed by atoms with Crippen molar-refractivity contribution in [3.05, 3.63) is 70.8 Å². The third-order valence-corrected chi connectivity index (χ3v) is 5.50. The minimum absolute atomic E-state index is 0.00539. The van der Waals surface area contributed by atoms with Gasteiger partial charge in [0.25, 0.3) is 0 Å². The number of halogens is 6. The molecule has 0 aromatic heterocycles. The Morgan fingerprint density at radius 1 is 1.03 bits per heavy atom. The summed E-state index contributed by atoms with van der Waals surface area (Å²) >= 11 is 0. The van der Waals surface area contributed by atoms with Gasteiger partial charge in [0.05, 0.1) is 23.3 Å². The minimum Gasteiger partial charge on any atom is -0.391 e. The van der Waals surface area contributed by atoms with Gasteiger partial charge in [-0.25, -0.2) is 0 Å². The quantitative estimate of drug-likeness (QED) is 0.627. The van der Waals surface area contributed by atoms with Gasteiger partial charge in [0, 0.05) is 13.0 Å². The zero-order valence-electron chi connectivity index (χ0n) is 16.5. The number of aliphatic hydroxyl groups is 1. The third-order valence-electron chi connectivity index (χ3n) is 5.50. The van der Waals surface area contributed by atoms with Crippen molar-refractivity contribution >= 4 is 5.91 Å². The van der Waals surface area contributed by atoms with E-state index in [9.17, 15) is 36.2 Å². The highest BCUT2D eigenvalue weighted by atomic mass is 19.4. The van der Waals surface area contributed by atoms with E-state index in [1.54, 1.807) is 0 Å². The number of rotatable bonds is 4. The fourth-order valence-electron chi connectivity index (χ4n) is 3.97. The van der Waals surface area contributed by atoms with Crippen molar-refractivity contribution in [3.8, 4) is 0 Å². The molecule has 1 heterocycles. The Labute approximate surface area is 175 Å². The molecule has 3 atom stereocenters. The van der Waals surface area contributed by atoms with Crippen molar-refractivity contribution in [2.75, 3.05) is 6.54 Å². The molecule has 3 rings (SSSR count). The van der Waals surface area contributed by atoms with Crippen molar-refractivity contribution in [3.63, 3.8) is 0 Å². The van der Waals surface area contributed by atoms with E-state index >= 15 is 0 Å². The van der Waals surface area contributed by atoms with Crippen LogP contribution in [0.1, 0.15) is 54.0 Å². The van der Waals surface area contributed by atoms with Gasteiger partial charge in [0.2, 0.25) is 5.91 Å². The van der Waals surface area contributed by atoms with Crippen molar-refractivity contribution < 1.29 is 36.2 Å². The molecule has 0 bridgehead atoms. The largest absolute Gasteiger partial charge is 0.416 e. The third kappa shape index (κ3) is 5.20. The number of alkyl halides is 6. The molecule has 1 amide bonds. The standard InChI is InChI=1S/C22H21F6NO2/c1-13(17-4-2-3-5-18(17)22(26,27)28)10-20(31)29-12-16(30)11-19(29)14-6-8-15(9-7-14)21(23,24)25/h2-9,13,16,19,30H,10-12H2,1H3. The fourth-order valence-corrected chi connectivity index (χ4v) is 3.97. The molecular formula is C22H21F6NO2. The molecule has 1 aliphatic rings. The Kier molecular flexibility index (Phi) is 6.36. The SMILES string of the molecule is CC(CC(=O)N1CC(O)CC1c1ccc(C(F)(F)F)cc1)c1ccccc1C(F)(F)F. The number of hydrogen-bond acceptors (Lipinski definition) is 2. The lowest BCUT2D eigenvalue weighted by atomic mass is 9.92. The molecule has 0 aliphatic carbocycles. The number of carbonyl (C=O) groups is 1. The van der Waals surface area contributed by atoms with Crippen LogP contribution in [0.3, 0.4) is 0 Å². The number of aliphatic hydroxyl groups excluding tert-OH is 1. The van der Waals surface area contributed by atoms with Crippen LogP contribution >= 0.6 is 0 Å². The van der Waals surface area contributed by atoms with Crippen LogP contribution < -0.4 is 0 Å². The molecule has 1 N–H and O–H groups in total. The summed E-state index contributed by atoms with van der Waals surface area (Å²) in [6.45, 7) is 1.49. The van der Waals surface area contributed by atoms with Crippen LogP contribution in [0.15, 0.2) is 48.5 Å². The summed E-state index contributed by atoms with van der Waals surface area (Å²) in [5.41, 5.74) is -1.21. The van der Waals surface area contributed by atoms with Crippen molar-refractivity contribution in [2.45, 2.75) is 50.2 Å². The van der Waals surface area contributed by atoms with Gasteiger partial charge in [-0.3, -0.25) is 4.79 Å². The number of likely N-dealkylation sites (tertiary alicyclic amines) is 1. The second-order valence-corrected chi connectivity index (χ2v) is 7.76. The molecule has 2 aromatic rings. The number of hydrogen-bond donors (Lipinski definition) is 1. The second kappa shape index (κ2) is 8.53. The first-order chi connectivity index (χ1) is 14.4. The number of nitrogens with zero attached hydrogens (tertiary/aromatic N) is 1. The van der Waals surface area contributed by atoms with Gasteiger partial charge < -0.3 is 10.0 Å². The number of β-amino-alcohol motifs (C(OH)–C–C–N with tert-alkyl or cyclic N) is 1. The van der Waals surface area contributed by atoms with E-state index in [1.165, 1.54) is 42.2 Å². The highest BCUT2D eigenvalue weighted by Gasteiger charge is 2.38. The van der Waals surface area contributed by atoms with Crippen molar-refractivity contribution in [2.24, 2.45) is 0 Å². The number of amides is 1. The monoisotopic (exact) mass is 445 g/mol. The Morgan fingerprint density at radius 2 is 1.65 bits per heavy atom. The lowest BCUT2D eigenvalue weighted by Crippen LogP contribution is -2.32. The average molecular weight is 445 g/mol. The van der Waals surface area contributed by atoms with Gasteiger partial charge in [-0.2, -0.15) is 26.3 Å². The summed E-state index contributed by atoms with van der Waals surface area (Å²) in [5, 5.41) is 10.0. The first-order valence-electron chi connectivity index (χ1n) is 9.68. The van der Waals surface area contributed by atoms with Crippen molar-refractivity contribution in [1.29, 1.82) is 0 Å². The first-order valence-corrected chi connectivity index (χ1v) is 9.68. The van der Waals surface area contributed by atoms with Gasteiger partial charge in [-0.1, -0.05) is 37.3 Å². The van der Waals surface area contributed by atoms with Crippen LogP contribution in [0.25, 0.3) is 0 Å². The molecule has 1 saturated heterocycles. The summed E-state index contributed by atoms with van der Waals surface area (Å²) in [6, 6.07) is 8.72. The van der Waals surface area contributed by atoms with Crippen LogP contribution in [-0.2, 0) is 17.1 Å². The summed E-state index contributed by atoms with van der Waals surface area (Å²) < 4.78 is 78.3. The second-order valence-electron chi connectivity index (χ2n) is 7.76. The summed E-state index contributed by atoms with van der Waals surface area (Å²) in [7, 11) is 0. The molecule has 9 heteroatoms. The molecule has 1 fully saturated rings. The molecule has 1 aliphatic heterocycles. The number of benzene rings is 2. The van der Waals surface area contributed by atoms with Crippen LogP contribution in [0.5, 0.6) is 0 Å². The normalized spacial score (nSPS) is 20.7. The predicted octanol–water partition coefficient (Wildman–Crippen LogP) is 5.55. The van der Waals surface area contributed by atoms with Crippen LogP contribution in [0, 0.1) is 0 Å². The summed E-state index contributed by atoms with van der Waals surface area (Å²) in [4.78, 5) is 14.2. The Hall–Kier alpha value is -2.55. The van der Waals surface area contributed by atoms with Gasteiger partial charge in [-0.05, 0) is 41.7 Å². The molecule has 3 nitrogen and oxygen atoms in total. The zero-order chi connectivity index (χ0) is 23.0. The molecule has 31 heavy (non-hydrogen) atoms. The molecule has 2 aromatic carbocycles. The highest BCUT2D eigenvalue weighted by molar-refractivity contribution is 5.78. The average Bonchev–Trinajstić information content (AvgIpc) is 3.08. The number of carbonyl (C=O) groups excluding carboxylic acids is 1. The topological polar surface area (TPSA) is 40.5 Å². The fraction of sp³-hybridized carbons (Fsp3) is 0.409. The molecule has 0 radical (unpaired) electrons. The lowest BCUT2D eigenvalue weighted by Gasteiger charge is -2.27. The lowest BCUT2D eigenvalue weighted by molar-refractivity contribution is -0.139. The Bertz CT molecular complexity index is 923. The van der Waals surface area contributed by atoms with E-state index in [1.807, 2.05) is 0 Å². The zero-order valence-corrected chi connectivity index (χ0v) is 16.5. The van der Waals surface area contributed by atoms with Gasteiger partial charge in [-0.15, -0.1) is 0 Å². The maximum atomic E-state index is 13.3. The van der Waals surface area contributed by atoms with Crippen molar-refractivity contribution in [1.82, 2.24) is 4.90 Å². The maximum absolute atomic E-state index is 13.3. The van der Waals surface area contributed by atoms with Gasteiger partial charge in [0.1, 0.15) is 0 Å². The molecule has 3 unspecified atom stereocenters. The smallest absolute Gasteiger partial charge is 0.391 e. The van der Waals surface area contributed by atoms with E-state index in [2.05, 4.69) is 0 Å². The van der Waals surface area contributed by atoms with Crippen LogP contribution in [-0.4, -0.2) is 28.6 Å². The van der Waals surface area contributed by atoms with Gasteiger partial charge in [0.15, 0.2) is 0 Å². The highest BCUT2D eigenvalue weighted by Crippen LogP contribution is 2.38. The summed E-state index contributed by atoms with van der Waals surface area (Å²) in [6.07, 6.45) is -10.00. The minimum atomic E-state index is -4.56.